The lowest BCUT2D eigenvalue weighted by Gasteiger charge is -2.38. The summed E-state index contributed by atoms with van der Waals surface area (Å²) in [7, 11) is 3.07. The van der Waals surface area contributed by atoms with Gasteiger partial charge in [-0.05, 0) is 47.1 Å². The minimum atomic E-state index is -1.45. The van der Waals surface area contributed by atoms with Crippen molar-refractivity contribution in [2.75, 3.05) is 27.2 Å². The number of aryl methyl sites for hydroxylation is 1. The number of hydrogen-bond acceptors (Lipinski definition) is 6. The number of likely N-dealkylation sites (N-methyl/N-ethyl adjacent to an activating group) is 2. The number of alkyl carbamates (subject to hydrolysis) is 1. The number of benzene rings is 5. The largest absolute Gasteiger partial charge is 0.449 e. The van der Waals surface area contributed by atoms with Gasteiger partial charge in [0.05, 0.1) is 0 Å². The minimum Gasteiger partial charge on any atom is -0.449 e. The zero-order valence-corrected chi connectivity index (χ0v) is 36.1. The van der Waals surface area contributed by atoms with Crippen molar-refractivity contribution in [2.45, 2.75) is 64.6 Å². The first-order chi connectivity index (χ1) is 28.8. The molecule has 9 nitrogen and oxygen atoms in total. The molecule has 10 heteroatoms. The number of nitrogens with one attached hydrogen (secondary N) is 1. The molecule has 0 saturated heterocycles. The summed E-state index contributed by atoms with van der Waals surface area (Å²) in [5.74, 6) is -2.36. The van der Waals surface area contributed by atoms with E-state index in [2.05, 4.69) is 17.4 Å². The van der Waals surface area contributed by atoms with E-state index >= 15 is 0 Å². The zero-order chi connectivity index (χ0) is 43.1. The Kier molecular flexibility index (Phi) is 13.8. The van der Waals surface area contributed by atoms with Crippen molar-refractivity contribution in [1.82, 2.24) is 15.1 Å². The third kappa shape index (κ3) is 8.97. The molecule has 0 aliphatic heterocycles. The van der Waals surface area contributed by atoms with E-state index in [0.29, 0.717) is 28.1 Å². The van der Waals surface area contributed by atoms with Crippen molar-refractivity contribution in [3.8, 4) is 11.1 Å². The van der Waals surface area contributed by atoms with Gasteiger partial charge in [0.2, 0.25) is 11.8 Å². The zero-order valence-electron chi connectivity index (χ0n) is 35.4. The molecule has 0 spiro atoms. The molecule has 1 aliphatic rings. The first-order valence-electron chi connectivity index (χ1n) is 20.5. The molecule has 5 aromatic rings. The number of esters is 1. The van der Waals surface area contributed by atoms with Gasteiger partial charge in [-0.15, -0.1) is 0 Å². The van der Waals surface area contributed by atoms with Crippen molar-refractivity contribution >= 4 is 35.5 Å². The van der Waals surface area contributed by atoms with Crippen molar-refractivity contribution < 1.29 is 28.7 Å². The number of hydrogen-bond donors (Lipinski definition) is 1. The van der Waals surface area contributed by atoms with Crippen LogP contribution in [0.2, 0.25) is 5.02 Å². The van der Waals surface area contributed by atoms with Crippen molar-refractivity contribution in [3.05, 3.63) is 166 Å². The summed E-state index contributed by atoms with van der Waals surface area (Å²) < 4.78 is 12.4. The van der Waals surface area contributed by atoms with Crippen LogP contribution >= 0.6 is 11.6 Å². The second-order valence-corrected chi connectivity index (χ2v) is 16.4. The molecular formula is C50H54ClN3O6. The van der Waals surface area contributed by atoms with Crippen LogP contribution in [0.25, 0.3) is 11.1 Å². The van der Waals surface area contributed by atoms with E-state index in [9.17, 15) is 19.2 Å². The topological polar surface area (TPSA) is 105 Å². The summed E-state index contributed by atoms with van der Waals surface area (Å²) in [5.41, 5.74) is 5.88. The number of halogens is 1. The second-order valence-electron chi connectivity index (χ2n) is 16.0. The first kappa shape index (κ1) is 43.6. The molecule has 60 heavy (non-hydrogen) atoms. The van der Waals surface area contributed by atoms with Gasteiger partial charge in [0.25, 0.3) is 0 Å². The molecule has 6 rings (SSSR count). The Balaban J connectivity index is 1.19. The number of fused-ring (bicyclic) bond motifs is 3. The van der Waals surface area contributed by atoms with Crippen LogP contribution in [0.4, 0.5) is 4.79 Å². The van der Waals surface area contributed by atoms with Gasteiger partial charge >= 0.3 is 12.1 Å². The molecule has 3 amide bonds. The highest BCUT2D eigenvalue weighted by atomic mass is 35.5. The summed E-state index contributed by atoms with van der Waals surface area (Å²) in [6.45, 7) is 9.14. The SMILES string of the molecule is CC[C@H](C)[C@H](NC(=O)OCC1c2ccccc2-c2ccccc21)C(=O)N(C)[C@H](C(=O)N(C)CC(=O)OC(c1ccccc1)(c1ccc(C)cc1)c1ccccc1Cl)C(C)C. The quantitative estimate of drug-likeness (QED) is 0.0834. The minimum absolute atomic E-state index is 0.0943. The van der Waals surface area contributed by atoms with Gasteiger partial charge in [-0.1, -0.05) is 173 Å². The Hall–Kier alpha value is -5.93. The third-order valence-corrected chi connectivity index (χ3v) is 12.0. The van der Waals surface area contributed by atoms with Crippen molar-refractivity contribution in [2.24, 2.45) is 11.8 Å². The molecule has 0 bridgehead atoms. The van der Waals surface area contributed by atoms with Crippen molar-refractivity contribution in [1.29, 1.82) is 0 Å². The van der Waals surface area contributed by atoms with Crippen LogP contribution in [0.3, 0.4) is 0 Å². The Labute approximate surface area is 358 Å². The maximum atomic E-state index is 14.4. The summed E-state index contributed by atoms with van der Waals surface area (Å²) in [4.78, 5) is 59.1. The Bertz CT molecular complexity index is 2270. The molecule has 1 N–H and O–H groups in total. The lowest BCUT2D eigenvalue weighted by Crippen LogP contribution is -2.58. The highest BCUT2D eigenvalue weighted by molar-refractivity contribution is 6.31. The number of carbonyl (C=O) groups is 4. The molecule has 312 valence electrons. The first-order valence-corrected chi connectivity index (χ1v) is 20.9. The summed E-state index contributed by atoms with van der Waals surface area (Å²) >= 11 is 6.87. The predicted octanol–water partition coefficient (Wildman–Crippen LogP) is 9.38. The van der Waals surface area contributed by atoms with E-state index in [4.69, 9.17) is 21.1 Å². The Morgan fingerprint density at radius 2 is 1.28 bits per heavy atom. The van der Waals surface area contributed by atoms with Gasteiger partial charge in [0.15, 0.2) is 5.60 Å². The van der Waals surface area contributed by atoms with Crippen LogP contribution in [-0.2, 0) is 29.5 Å². The summed E-state index contributed by atoms with van der Waals surface area (Å²) in [5, 5.41) is 3.24. The smallest absolute Gasteiger partial charge is 0.407 e. The maximum absolute atomic E-state index is 14.4. The number of carbonyl (C=O) groups excluding carboxylic acids is 4. The molecule has 1 unspecified atom stereocenters. The van der Waals surface area contributed by atoms with E-state index < -0.39 is 48.1 Å². The highest BCUT2D eigenvalue weighted by Gasteiger charge is 2.43. The number of nitrogens with zero attached hydrogens (tertiary/aromatic N) is 2. The van der Waals surface area contributed by atoms with Crippen LogP contribution in [0, 0.1) is 18.8 Å². The van der Waals surface area contributed by atoms with E-state index in [1.54, 1.807) is 13.1 Å². The third-order valence-electron chi connectivity index (χ3n) is 11.6. The average Bonchev–Trinajstić information content (AvgIpc) is 3.57. The number of amides is 3. The predicted molar refractivity (Wildman–Crippen MR) is 236 cm³/mol. The van der Waals surface area contributed by atoms with Gasteiger partial charge in [-0.2, -0.15) is 0 Å². The van der Waals surface area contributed by atoms with E-state index in [1.807, 2.05) is 144 Å². The number of ether oxygens (including phenoxy) is 2. The molecule has 0 heterocycles. The molecule has 0 radical (unpaired) electrons. The molecule has 0 saturated carbocycles. The normalized spacial score (nSPS) is 14.5. The van der Waals surface area contributed by atoms with Gasteiger partial charge in [0, 0.05) is 41.7 Å². The van der Waals surface area contributed by atoms with Crippen LogP contribution < -0.4 is 5.32 Å². The molecular weight excluding hydrogens is 774 g/mol. The molecule has 0 aromatic heterocycles. The fourth-order valence-corrected chi connectivity index (χ4v) is 8.53. The van der Waals surface area contributed by atoms with E-state index in [-0.39, 0.29) is 24.4 Å². The monoisotopic (exact) mass is 827 g/mol. The fourth-order valence-electron chi connectivity index (χ4n) is 8.26. The number of rotatable bonds is 15. The average molecular weight is 828 g/mol. The standard InChI is InChI=1S/C50H54ClN3O6/c1-8-34(5)45(52-49(58)59-31-41-39-22-14-12-20-37(39)38-21-13-15-23-40(38)41)47(56)54(7)46(32(2)3)48(57)53(6)30-44(55)60-50(35-18-10-9-11-19-35,36-28-26-33(4)27-29-36)42-24-16-17-25-43(42)51/h9-29,32,34,41,45-46H,8,30-31H2,1-7H3,(H,52,58)/t34-,45-,46-,50?/m0/s1. The second kappa shape index (κ2) is 19.0. The molecule has 5 aromatic carbocycles. The van der Waals surface area contributed by atoms with E-state index in [0.717, 1.165) is 27.8 Å². The molecule has 0 fully saturated rings. The lowest BCUT2D eigenvalue weighted by molar-refractivity contribution is -0.159. The van der Waals surface area contributed by atoms with Crippen LogP contribution in [-0.4, -0.2) is 73.0 Å². The van der Waals surface area contributed by atoms with Crippen LogP contribution in [0.1, 0.15) is 73.4 Å². The Morgan fingerprint density at radius 1 is 0.733 bits per heavy atom. The van der Waals surface area contributed by atoms with Gasteiger partial charge in [0.1, 0.15) is 25.2 Å². The lowest BCUT2D eigenvalue weighted by atomic mass is 9.79. The van der Waals surface area contributed by atoms with Crippen LogP contribution in [0.15, 0.2) is 127 Å². The Morgan fingerprint density at radius 3 is 1.87 bits per heavy atom. The maximum Gasteiger partial charge on any atom is 0.407 e. The van der Waals surface area contributed by atoms with Crippen LogP contribution in [0.5, 0.6) is 0 Å². The van der Waals surface area contributed by atoms with Gasteiger partial charge in [-0.3, -0.25) is 14.4 Å². The molecule has 1 aliphatic carbocycles. The summed E-state index contributed by atoms with van der Waals surface area (Å²) in [6, 6.07) is 38.6. The van der Waals surface area contributed by atoms with Gasteiger partial charge in [-0.25, -0.2) is 4.79 Å². The van der Waals surface area contributed by atoms with E-state index in [1.165, 1.54) is 16.8 Å². The van der Waals surface area contributed by atoms with Crippen molar-refractivity contribution in [3.63, 3.8) is 0 Å². The summed E-state index contributed by atoms with van der Waals surface area (Å²) in [6.07, 6.45) is -0.139. The molecule has 4 atom stereocenters. The highest BCUT2D eigenvalue weighted by Crippen LogP contribution is 2.45. The van der Waals surface area contributed by atoms with Gasteiger partial charge < -0.3 is 24.6 Å². The fraction of sp³-hybridized carbons (Fsp3) is 0.320.